The normalized spacial score (nSPS) is 13.2. The van der Waals surface area contributed by atoms with Crippen LogP contribution in [-0.2, 0) is 9.84 Å². The van der Waals surface area contributed by atoms with Gasteiger partial charge in [-0.15, -0.1) is 11.3 Å². The molecule has 0 aliphatic heterocycles. The Morgan fingerprint density at radius 1 is 1.17 bits per heavy atom. The zero-order chi connectivity index (χ0) is 13.2. The minimum atomic E-state index is -3.12. The fourth-order valence-corrected chi connectivity index (χ4v) is 3.02. The topological polar surface area (TPSA) is 46.2 Å². The van der Waals surface area contributed by atoms with Crippen molar-refractivity contribution in [3.05, 3.63) is 46.7 Å². The summed E-state index contributed by atoms with van der Waals surface area (Å²) in [5, 5.41) is 5.38. The molecule has 1 N–H and O–H groups in total. The highest BCUT2D eigenvalue weighted by molar-refractivity contribution is 7.90. The Morgan fingerprint density at radius 2 is 1.83 bits per heavy atom. The monoisotopic (exact) mass is 281 g/mol. The quantitative estimate of drug-likeness (QED) is 0.935. The molecule has 3 nitrogen and oxygen atoms in total. The molecule has 0 saturated heterocycles. The van der Waals surface area contributed by atoms with Gasteiger partial charge in [-0.1, -0.05) is 6.07 Å². The highest BCUT2D eigenvalue weighted by Gasteiger charge is 2.08. The van der Waals surface area contributed by atoms with E-state index in [0.717, 1.165) is 5.69 Å². The van der Waals surface area contributed by atoms with Crippen LogP contribution in [0.4, 0.5) is 5.69 Å². The highest BCUT2D eigenvalue weighted by atomic mass is 32.2. The van der Waals surface area contributed by atoms with E-state index in [4.69, 9.17) is 0 Å². The fraction of sp³-hybridized carbons (Fsp3) is 0.231. The Bertz CT molecular complexity index is 601. The summed E-state index contributed by atoms with van der Waals surface area (Å²) < 4.78 is 22.7. The van der Waals surface area contributed by atoms with Crippen molar-refractivity contribution in [3.63, 3.8) is 0 Å². The molecule has 0 aliphatic rings. The van der Waals surface area contributed by atoms with Gasteiger partial charge in [0, 0.05) is 16.8 Å². The molecule has 1 unspecified atom stereocenters. The van der Waals surface area contributed by atoms with Crippen LogP contribution in [0.3, 0.4) is 0 Å². The van der Waals surface area contributed by atoms with Crippen LogP contribution in [0, 0.1) is 0 Å². The van der Waals surface area contributed by atoms with Gasteiger partial charge in [-0.3, -0.25) is 0 Å². The summed E-state index contributed by atoms with van der Waals surface area (Å²) in [5.74, 6) is 0. The number of hydrogen-bond donors (Lipinski definition) is 1. The van der Waals surface area contributed by atoms with Crippen molar-refractivity contribution < 1.29 is 8.42 Å². The SMILES string of the molecule is CC(Nc1ccc(S(C)(=O)=O)cc1)c1cccs1. The number of rotatable bonds is 4. The van der Waals surface area contributed by atoms with Crippen LogP contribution in [0.1, 0.15) is 17.8 Å². The van der Waals surface area contributed by atoms with Gasteiger partial charge in [-0.05, 0) is 42.6 Å². The second-order valence-corrected chi connectivity index (χ2v) is 7.17. The van der Waals surface area contributed by atoms with Gasteiger partial charge in [-0.2, -0.15) is 0 Å². The summed E-state index contributed by atoms with van der Waals surface area (Å²) in [5.41, 5.74) is 0.920. The highest BCUT2D eigenvalue weighted by Crippen LogP contribution is 2.23. The van der Waals surface area contributed by atoms with E-state index in [1.54, 1.807) is 35.6 Å². The third-order valence-corrected chi connectivity index (χ3v) is 4.82. The Balaban J connectivity index is 2.12. The first-order valence-electron chi connectivity index (χ1n) is 5.57. The summed E-state index contributed by atoms with van der Waals surface area (Å²) in [4.78, 5) is 1.60. The molecule has 18 heavy (non-hydrogen) atoms. The lowest BCUT2D eigenvalue weighted by Gasteiger charge is -2.13. The molecular formula is C13H15NO2S2. The van der Waals surface area contributed by atoms with Crippen LogP contribution in [0.25, 0.3) is 0 Å². The summed E-state index contributed by atoms with van der Waals surface area (Å²) >= 11 is 1.70. The molecule has 0 spiro atoms. The summed E-state index contributed by atoms with van der Waals surface area (Å²) in [6, 6.07) is 11.1. The van der Waals surface area contributed by atoms with Gasteiger partial charge < -0.3 is 5.32 Å². The molecule has 2 aromatic rings. The van der Waals surface area contributed by atoms with Crippen molar-refractivity contribution in [2.45, 2.75) is 17.9 Å². The Labute approximate surface area is 111 Å². The van der Waals surface area contributed by atoms with Gasteiger partial charge in [0.25, 0.3) is 0 Å². The van der Waals surface area contributed by atoms with Gasteiger partial charge in [0.1, 0.15) is 0 Å². The number of anilines is 1. The maximum absolute atomic E-state index is 11.3. The van der Waals surface area contributed by atoms with E-state index >= 15 is 0 Å². The Hall–Kier alpha value is -1.33. The molecular weight excluding hydrogens is 266 g/mol. The Kier molecular flexibility index (Phi) is 3.73. The first-order valence-corrected chi connectivity index (χ1v) is 8.34. The molecule has 1 heterocycles. The second kappa shape index (κ2) is 5.12. The van der Waals surface area contributed by atoms with Crippen LogP contribution in [-0.4, -0.2) is 14.7 Å². The molecule has 1 aromatic carbocycles. The third kappa shape index (κ3) is 3.11. The number of benzene rings is 1. The molecule has 0 amide bonds. The summed E-state index contributed by atoms with van der Waals surface area (Å²) in [6.07, 6.45) is 1.21. The first-order chi connectivity index (χ1) is 8.47. The largest absolute Gasteiger partial charge is 0.378 e. The van der Waals surface area contributed by atoms with E-state index in [1.807, 2.05) is 11.4 Å². The lowest BCUT2D eigenvalue weighted by atomic mass is 10.2. The molecule has 96 valence electrons. The molecule has 1 aromatic heterocycles. The Morgan fingerprint density at radius 3 is 2.33 bits per heavy atom. The van der Waals surface area contributed by atoms with Crippen molar-refractivity contribution in [2.24, 2.45) is 0 Å². The minimum absolute atomic E-state index is 0.217. The van der Waals surface area contributed by atoms with E-state index in [2.05, 4.69) is 18.3 Å². The van der Waals surface area contributed by atoms with Crippen molar-refractivity contribution in [2.75, 3.05) is 11.6 Å². The molecule has 1 atom stereocenters. The lowest BCUT2D eigenvalue weighted by molar-refractivity contribution is 0.602. The zero-order valence-corrected chi connectivity index (χ0v) is 11.9. The molecule has 0 bridgehead atoms. The van der Waals surface area contributed by atoms with Gasteiger partial charge in [-0.25, -0.2) is 8.42 Å². The third-order valence-electron chi connectivity index (χ3n) is 2.64. The van der Waals surface area contributed by atoms with Crippen LogP contribution in [0.15, 0.2) is 46.7 Å². The van der Waals surface area contributed by atoms with Gasteiger partial charge in [0.15, 0.2) is 9.84 Å². The smallest absolute Gasteiger partial charge is 0.175 e. The number of hydrogen-bond acceptors (Lipinski definition) is 4. The van der Waals surface area contributed by atoms with E-state index in [1.165, 1.54) is 11.1 Å². The number of thiophene rings is 1. The van der Waals surface area contributed by atoms with Gasteiger partial charge in [0.2, 0.25) is 0 Å². The van der Waals surface area contributed by atoms with Gasteiger partial charge >= 0.3 is 0 Å². The average molecular weight is 281 g/mol. The maximum atomic E-state index is 11.3. The molecule has 2 rings (SSSR count). The van der Waals surface area contributed by atoms with Crippen LogP contribution in [0.2, 0.25) is 0 Å². The number of sulfone groups is 1. The van der Waals surface area contributed by atoms with Crippen molar-refractivity contribution in [1.29, 1.82) is 0 Å². The molecule has 5 heteroatoms. The van der Waals surface area contributed by atoms with E-state index < -0.39 is 9.84 Å². The molecule has 0 fully saturated rings. The minimum Gasteiger partial charge on any atom is -0.378 e. The number of nitrogens with one attached hydrogen (secondary N) is 1. The summed E-state index contributed by atoms with van der Waals surface area (Å²) in [7, 11) is -3.12. The van der Waals surface area contributed by atoms with E-state index in [-0.39, 0.29) is 6.04 Å². The predicted molar refractivity (Wildman–Crippen MR) is 75.9 cm³/mol. The van der Waals surface area contributed by atoms with Crippen LogP contribution in [0.5, 0.6) is 0 Å². The zero-order valence-electron chi connectivity index (χ0n) is 10.3. The summed E-state index contributed by atoms with van der Waals surface area (Å²) in [6.45, 7) is 2.08. The predicted octanol–water partition coefficient (Wildman–Crippen LogP) is 3.32. The van der Waals surface area contributed by atoms with E-state index in [9.17, 15) is 8.42 Å². The first kappa shape index (κ1) is 13.1. The van der Waals surface area contributed by atoms with Gasteiger partial charge in [0.05, 0.1) is 10.9 Å². The maximum Gasteiger partial charge on any atom is 0.175 e. The van der Waals surface area contributed by atoms with Crippen molar-refractivity contribution in [3.8, 4) is 0 Å². The lowest BCUT2D eigenvalue weighted by Crippen LogP contribution is -2.05. The van der Waals surface area contributed by atoms with E-state index in [0.29, 0.717) is 4.90 Å². The molecule has 0 radical (unpaired) electrons. The van der Waals surface area contributed by atoms with Crippen LogP contribution >= 0.6 is 11.3 Å². The standard InChI is InChI=1S/C13H15NO2S2/c1-10(13-4-3-9-17-13)14-11-5-7-12(8-6-11)18(2,15)16/h3-10,14H,1-2H3. The molecule has 0 aliphatic carbocycles. The van der Waals surface area contributed by atoms with Crippen molar-refractivity contribution in [1.82, 2.24) is 0 Å². The molecule has 0 saturated carbocycles. The van der Waals surface area contributed by atoms with Crippen molar-refractivity contribution >= 4 is 26.9 Å². The van der Waals surface area contributed by atoms with Crippen LogP contribution < -0.4 is 5.32 Å². The fourth-order valence-electron chi connectivity index (χ4n) is 1.66. The second-order valence-electron chi connectivity index (χ2n) is 4.18. The average Bonchev–Trinajstić information content (AvgIpc) is 2.82.